The van der Waals surface area contributed by atoms with Crippen molar-refractivity contribution in [2.24, 2.45) is 11.8 Å². The quantitative estimate of drug-likeness (QED) is 0.170. The molecular formula is C39H47N5O3. The van der Waals surface area contributed by atoms with Crippen LogP contribution < -0.4 is 5.32 Å². The number of aromatic nitrogens is 2. The zero-order chi connectivity index (χ0) is 32.8. The number of likely N-dealkylation sites (tertiary alicyclic amines) is 1. The Hall–Kier alpha value is -4.27. The number of hydroxylamine groups is 2. The Balaban J connectivity index is 1.32. The summed E-state index contributed by atoms with van der Waals surface area (Å²) in [5, 5.41) is 4.84. The lowest BCUT2D eigenvalue weighted by molar-refractivity contribution is -0.171. The van der Waals surface area contributed by atoms with Crippen molar-refractivity contribution in [3.05, 3.63) is 126 Å². The fourth-order valence-corrected chi connectivity index (χ4v) is 7.97. The summed E-state index contributed by atoms with van der Waals surface area (Å²) in [6.07, 6.45) is 10.2. The molecule has 2 heterocycles. The first-order valence-electron chi connectivity index (χ1n) is 16.9. The normalized spacial score (nSPS) is 20.3. The van der Waals surface area contributed by atoms with E-state index in [1.807, 2.05) is 29.4 Å². The van der Waals surface area contributed by atoms with Gasteiger partial charge in [-0.2, -0.15) is 0 Å². The van der Waals surface area contributed by atoms with E-state index in [-0.39, 0.29) is 17.9 Å². The summed E-state index contributed by atoms with van der Waals surface area (Å²) in [6, 6.07) is 30.9. The van der Waals surface area contributed by atoms with Gasteiger partial charge in [0.2, 0.25) is 5.91 Å². The molecule has 2 aliphatic rings. The number of carbonyl (C=O) groups is 2. The van der Waals surface area contributed by atoms with E-state index in [9.17, 15) is 9.59 Å². The number of benzene rings is 3. The van der Waals surface area contributed by atoms with Crippen LogP contribution in [0.5, 0.6) is 0 Å². The van der Waals surface area contributed by atoms with Crippen LogP contribution in [0.25, 0.3) is 0 Å². The molecule has 8 heteroatoms. The minimum atomic E-state index is -0.689. The van der Waals surface area contributed by atoms with E-state index >= 15 is 0 Å². The summed E-state index contributed by atoms with van der Waals surface area (Å²) >= 11 is 0. The molecule has 1 N–H and O–H groups in total. The Morgan fingerprint density at radius 3 is 2.00 bits per heavy atom. The van der Waals surface area contributed by atoms with Crippen LogP contribution in [0, 0.1) is 11.8 Å². The first kappa shape index (κ1) is 32.7. The largest absolute Gasteiger partial charge is 0.338 e. The lowest BCUT2D eigenvalue weighted by atomic mass is 9.73. The molecule has 2 amide bonds. The summed E-state index contributed by atoms with van der Waals surface area (Å²) in [7, 11) is 3.13. The SMILES string of the molecule is CON(C)C(=O)[C@H](Cc1cn(C(c2ccccc2)(c2ccccc2)c2ccccc2)cn1)NC[C@@H]1C[C@H]2CCCC[C@@H]2CN1C(C)=O. The fourth-order valence-electron chi connectivity index (χ4n) is 7.97. The van der Waals surface area contributed by atoms with Gasteiger partial charge in [0.1, 0.15) is 5.54 Å². The molecule has 0 bridgehead atoms. The first-order chi connectivity index (χ1) is 22.9. The van der Waals surface area contributed by atoms with Gasteiger partial charge in [0.15, 0.2) is 0 Å². The van der Waals surface area contributed by atoms with Gasteiger partial charge in [0, 0.05) is 45.7 Å². The highest BCUT2D eigenvalue weighted by Crippen LogP contribution is 2.41. The van der Waals surface area contributed by atoms with Crippen molar-refractivity contribution < 1.29 is 14.4 Å². The standard InChI is InChI=1S/C39H47N5O3/c1-29(45)44-26-31-16-14-13-15-30(31)23-36(44)25-40-37(38(46)42(2)47-3)24-35-27-43(28-41-35)39(32-17-7-4-8-18-32,33-19-9-5-10-20-33)34-21-11-6-12-22-34/h4-12,17-22,27-28,30-31,36-37,40H,13-16,23-26H2,1-3H3/t30-,31-,36+,37+/m1/s1. The molecule has 4 aromatic rings. The zero-order valence-electron chi connectivity index (χ0n) is 27.8. The van der Waals surface area contributed by atoms with Gasteiger partial charge in [-0.25, -0.2) is 10.0 Å². The summed E-state index contributed by atoms with van der Waals surface area (Å²) in [5.41, 5.74) is 3.41. The lowest BCUT2D eigenvalue weighted by Gasteiger charge is -2.46. The summed E-state index contributed by atoms with van der Waals surface area (Å²) in [5.74, 6) is 1.16. The molecule has 1 saturated carbocycles. The fraction of sp³-hybridized carbons (Fsp3) is 0.410. The van der Waals surface area contributed by atoms with E-state index in [2.05, 4.69) is 88.9 Å². The predicted molar refractivity (Wildman–Crippen MR) is 183 cm³/mol. The molecule has 0 spiro atoms. The molecule has 4 atom stereocenters. The van der Waals surface area contributed by atoms with Gasteiger partial charge >= 0.3 is 0 Å². The Morgan fingerprint density at radius 1 is 0.915 bits per heavy atom. The average Bonchev–Trinajstić information content (AvgIpc) is 3.59. The molecule has 8 nitrogen and oxygen atoms in total. The van der Waals surface area contributed by atoms with E-state index in [4.69, 9.17) is 9.82 Å². The van der Waals surface area contributed by atoms with Crippen molar-refractivity contribution in [3.8, 4) is 0 Å². The number of hydrogen-bond donors (Lipinski definition) is 1. The van der Waals surface area contributed by atoms with Crippen molar-refractivity contribution in [2.75, 3.05) is 27.2 Å². The number of imidazole rings is 1. The maximum atomic E-state index is 13.7. The van der Waals surface area contributed by atoms with Gasteiger partial charge in [-0.3, -0.25) is 14.4 Å². The third-order valence-corrected chi connectivity index (χ3v) is 10.4. The van der Waals surface area contributed by atoms with Crippen LogP contribution in [0.4, 0.5) is 0 Å². The Labute approximate surface area is 278 Å². The number of amides is 2. The molecule has 1 aliphatic heterocycles. The van der Waals surface area contributed by atoms with Crippen molar-refractivity contribution in [1.82, 2.24) is 24.8 Å². The number of likely N-dealkylation sites (N-methyl/N-ethyl adjacent to an activating group) is 1. The molecule has 1 aliphatic carbocycles. The number of carbonyl (C=O) groups excluding carboxylic acids is 2. The van der Waals surface area contributed by atoms with E-state index in [0.717, 1.165) is 35.3 Å². The molecule has 246 valence electrons. The number of fused-ring (bicyclic) bond motifs is 1. The molecule has 1 aromatic heterocycles. The molecule has 47 heavy (non-hydrogen) atoms. The molecule has 0 radical (unpaired) electrons. The van der Waals surface area contributed by atoms with E-state index in [0.29, 0.717) is 24.8 Å². The van der Waals surface area contributed by atoms with Gasteiger partial charge in [0.25, 0.3) is 5.91 Å². The zero-order valence-corrected chi connectivity index (χ0v) is 27.8. The summed E-state index contributed by atoms with van der Waals surface area (Å²) in [6.45, 7) is 3.02. The van der Waals surface area contributed by atoms with Crippen LogP contribution in [0.1, 0.15) is 61.4 Å². The minimum Gasteiger partial charge on any atom is -0.338 e. The Morgan fingerprint density at radius 2 is 1.47 bits per heavy atom. The first-order valence-corrected chi connectivity index (χ1v) is 16.9. The molecule has 2 fully saturated rings. The number of piperidine rings is 1. The van der Waals surface area contributed by atoms with Crippen molar-refractivity contribution in [3.63, 3.8) is 0 Å². The van der Waals surface area contributed by atoms with E-state index in [1.54, 1.807) is 14.0 Å². The Kier molecular flexibility index (Phi) is 10.2. The molecule has 1 saturated heterocycles. The maximum Gasteiger partial charge on any atom is 0.263 e. The molecular weight excluding hydrogens is 586 g/mol. The van der Waals surface area contributed by atoms with Crippen LogP contribution in [-0.4, -0.2) is 70.7 Å². The van der Waals surface area contributed by atoms with Crippen LogP contribution in [0.2, 0.25) is 0 Å². The van der Waals surface area contributed by atoms with Gasteiger partial charge in [-0.05, 0) is 41.4 Å². The van der Waals surface area contributed by atoms with Crippen LogP contribution in [-0.2, 0) is 26.4 Å². The number of nitrogens with one attached hydrogen (secondary N) is 1. The third-order valence-electron chi connectivity index (χ3n) is 10.4. The van der Waals surface area contributed by atoms with Crippen LogP contribution in [0.15, 0.2) is 104 Å². The highest BCUT2D eigenvalue weighted by Gasteiger charge is 2.40. The van der Waals surface area contributed by atoms with Crippen molar-refractivity contribution in [2.45, 2.75) is 63.1 Å². The third kappa shape index (κ3) is 6.76. The topological polar surface area (TPSA) is 79.7 Å². The van der Waals surface area contributed by atoms with E-state index < -0.39 is 11.6 Å². The van der Waals surface area contributed by atoms with Gasteiger partial charge in [-0.1, -0.05) is 110 Å². The van der Waals surface area contributed by atoms with E-state index in [1.165, 1.54) is 37.9 Å². The van der Waals surface area contributed by atoms with Crippen molar-refractivity contribution in [1.29, 1.82) is 0 Å². The highest BCUT2D eigenvalue weighted by molar-refractivity contribution is 5.81. The second-order valence-electron chi connectivity index (χ2n) is 13.1. The monoisotopic (exact) mass is 633 g/mol. The smallest absolute Gasteiger partial charge is 0.263 e. The highest BCUT2D eigenvalue weighted by atomic mass is 16.7. The second kappa shape index (κ2) is 14.7. The second-order valence-corrected chi connectivity index (χ2v) is 13.1. The summed E-state index contributed by atoms with van der Waals surface area (Å²) < 4.78 is 2.17. The predicted octanol–water partition coefficient (Wildman–Crippen LogP) is 5.67. The van der Waals surface area contributed by atoms with Crippen molar-refractivity contribution >= 4 is 11.8 Å². The van der Waals surface area contributed by atoms with Gasteiger partial charge in [0.05, 0.1) is 25.2 Å². The number of rotatable bonds is 11. The van der Waals surface area contributed by atoms with Crippen LogP contribution >= 0.6 is 0 Å². The number of hydrogen-bond acceptors (Lipinski definition) is 5. The molecule has 3 aromatic carbocycles. The molecule has 6 rings (SSSR count). The van der Waals surface area contributed by atoms with Gasteiger partial charge in [-0.15, -0.1) is 0 Å². The molecule has 0 unspecified atom stereocenters. The summed E-state index contributed by atoms with van der Waals surface area (Å²) in [4.78, 5) is 38.7. The van der Waals surface area contributed by atoms with Gasteiger partial charge < -0.3 is 14.8 Å². The average molecular weight is 634 g/mol. The van der Waals surface area contributed by atoms with Crippen LogP contribution in [0.3, 0.4) is 0 Å². The Bertz CT molecular complexity index is 1510. The number of nitrogens with zero attached hydrogens (tertiary/aromatic N) is 4. The maximum absolute atomic E-state index is 13.7. The lowest BCUT2D eigenvalue weighted by Crippen LogP contribution is -2.56. The minimum absolute atomic E-state index is 0.0504.